The van der Waals surface area contributed by atoms with Gasteiger partial charge in [0.25, 0.3) is 0 Å². The quantitative estimate of drug-likeness (QED) is 0.442. The zero-order chi connectivity index (χ0) is 24.2. The summed E-state index contributed by atoms with van der Waals surface area (Å²) in [5.41, 5.74) is 3.86. The van der Waals surface area contributed by atoms with E-state index in [1.54, 1.807) is 20.8 Å². The molecule has 0 bridgehead atoms. The van der Waals surface area contributed by atoms with Crippen LogP contribution >= 0.6 is 12.2 Å². The van der Waals surface area contributed by atoms with Crippen LogP contribution in [-0.2, 0) is 14.3 Å². The van der Waals surface area contributed by atoms with Gasteiger partial charge in [-0.05, 0) is 56.9 Å². The van der Waals surface area contributed by atoms with E-state index in [1.165, 1.54) is 0 Å². The molecule has 3 rings (SSSR count). The number of carbonyl (C=O) groups is 2. The van der Waals surface area contributed by atoms with Crippen molar-refractivity contribution in [1.82, 2.24) is 10.6 Å². The third-order valence-electron chi connectivity index (χ3n) is 5.17. The molecule has 7 heteroatoms. The zero-order valence-electron chi connectivity index (χ0n) is 19.8. The summed E-state index contributed by atoms with van der Waals surface area (Å²) in [6, 6.07) is 15.4. The molecule has 0 saturated heterocycles. The number of rotatable bonds is 7. The summed E-state index contributed by atoms with van der Waals surface area (Å²) in [5, 5.41) is 5.75. The summed E-state index contributed by atoms with van der Waals surface area (Å²) >= 11 is 5.35. The highest BCUT2D eigenvalue weighted by atomic mass is 32.1. The highest BCUT2D eigenvalue weighted by Gasteiger charge is 2.31. The van der Waals surface area contributed by atoms with Crippen molar-refractivity contribution < 1.29 is 19.1 Å². The smallest absolute Gasteiger partial charge is 0.407 e. The maximum Gasteiger partial charge on any atom is 0.407 e. The largest absolute Gasteiger partial charge is 0.458 e. The predicted molar refractivity (Wildman–Crippen MR) is 133 cm³/mol. The summed E-state index contributed by atoms with van der Waals surface area (Å²) in [7, 11) is 0. The highest BCUT2D eigenvalue weighted by molar-refractivity contribution is 7.80. The molecule has 1 atom stereocenters. The Balaban J connectivity index is 1.69. The minimum atomic E-state index is -0.946. The van der Waals surface area contributed by atoms with Crippen molar-refractivity contribution in [3.05, 3.63) is 59.7 Å². The van der Waals surface area contributed by atoms with E-state index in [-0.39, 0.29) is 25.0 Å². The fourth-order valence-electron chi connectivity index (χ4n) is 3.91. The molecule has 0 radical (unpaired) electrons. The Labute approximate surface area is 201 Å². The number of hydrogen-bond acceptors (Lipinski definition) is 5. The molecule has 2 N–H and O–H groups in total. The number of benzene rings is 2. The van der Waals surface area contributed by atoms with E-state index in [0.717, 1.165) is 22.3 Å². The zero-order valence-corrected chi connectivity index (χ0v) is 20.6. The topological polar surface area (TPSA) is 76.7 Å². The summed E-state index contributed by atoms with van der Waals surface area (Å²) in [5.74, 6) is -0.615. The molecule has 1 amide bonds. The fourth-order valence-corrected chi connectivity index (χ4v) is 4.32. The summed E-state index contributed by atoms with van der Waals surface area (Å²) in [4.78, 5) is 25.9. The molecule has 1 aliphatic carbocycles. The summed E-state index contributed by atoms with van der Waals surface area (Å²) in [6.07, 6.45) is -0.549. The van der Waals surface area contributed by atoms with Gasteiger partial charge in [-0.3, -0.25) is 0 Å². The molecule has 0 unspecified atom stereocenters. The Bertz CT molecular complexity index is 983. The monoisotopic (exact) mass is 468 g/mol. The van der Waals surface area contributed by atoms with Crippen LogP contribution in [0, 0.1) is 0 Å². The van der Waals surface area contributed by atoms with E-state index in [4.69, 9.17) is 21.7 Å². The second kappa shape index (κ2) is 10.3. The van der Waals surface area contributed by atoms with E-state index < -0.39 is 23.7 Å². The van der Waals surface area contributed by atoms with Crippen molar-refractivity contribution in [2.75, 3.05) is 6.61 Å². The highest BCUT2D eigenvalue weighted by Crippen LogP contribution is 2.44. The average Bonchev–Trinajstić information content (AvgIpc) is 3.04. The number of alkyl carbamates (subject to hydrolysis) is 1. The molecular weight excluding hydrogens is 436 g/mol. The Kier molecular flexibility index (Phi) is 7.74. The molecule has 0 aromatic heterocycles. The lowest BCUT2D eigenvalue weighted by Crippen LogP contribution is -2.47. The van der Waals surface area contributed by atoms with Crippen molar-refractivity contribution in [1.29, 1.82) is 0 Å². The third kappa shape index (κ3) is 6.54. The van der Waals surface area contributed by atoms with Crippen molar-refractivity contribution in [3.8, 4) is 11.1 Å². The molecule has 2 aromatic carbocycles. The lowest BCUT2D eigenvalue weighted by molar-refractivity contribution is -0.157. The van der Waals surface area contributed by atoms with Crippen LogP contribution in [0.4, 0.5) is 4.79 Å². The SMILES string of the molecule is CC(C)NC(=S)C[C@H](NC(=O)OCC1c2ccccc2-c2ccccc21)C(=O)OC(C)(C)C. The molecule has 1 aliphatic rings. The summed E-state index contributed by atoms with van der Waals surface area (Å²) in [6.45, 7) is 9.40. The Hall–Kier alpha value is -2.93. The molecule has 2 aromatic rings. The predicted octanol–water partition coefficient (Wildman–Crippen LogP) is 4.95. The first-order valence-electron chi connectivity index (χ1n) is 11.2. The van der Waals surface area contributed by atoms with Gasteiger partial charge in [0, 0.05) is 18.4 Å². The first-order chi connectivity index (χ1) is 15.5. The van der Waals surface area contributed by atoms with Crippen LogP contribution in [0.25, 0.3) is 11.1 Å². The lowest BCUT2D eigenvalue weighted by atomic mass is 9.98. The van der Waals surface area contributed by atoms with Gasteiger partial charge in [-0.1, -0.05) is 60.7 Å². The van der Waals surface area contributed by atoms with Gasteiger partial charge in [0.05, 0.1) is 4.99 Å². The van der Waals surface area contributed by atoms with Gasteiger partial charge >= 0.3 is 12.1 Å². The number of nitrogens with one attached hydrogen (secondary N) is 2. The van der Waals surface area contributed by atoms with Crippen LogP contribution in [0.1, 0.15) is 58.1 Å². The van der Waals surface area contributed by atoms with Crippen LogP contribution in [0.15, 0.2) is 48.5 Å². The van der Waals surface area contributed by atoms with Gasteiger partial charge < -0.3 is 20.1 Å². The van der Waals surface area contributed by atoms with Gasteiger partial charge in [-0.25, -0.2) is 9.59 Å². The van der Waals surface area contributed by atoms with Crippen LogP contribution in [0.3, 0.4) is 0 Å². The fraction of sp³-hybridized carbons (Fsp3) is 0.423. The maximum absolute atomic E-state index is 12.7. The van der Waals surface area contributed by atoms with Crippen LogP contribution in [-0.4, -0.2) is 41.3 Å². The molecule has 0 saturated carbocycles. The van der Waals surface area contributed by atoms with Gasteiger partial charge in [0.1, 0.15) is 18.2 Å². The number of amides is 1. The maximum atomic E-state index is 12.7. The normalized spacial score (nSPS) is 13.6. The van der Waals surface area contributed by atoms with Crippen molar-refractivity contribution in [2.24, 2.45) is 0 Å². The molecule has 176 valence electrons. The van der Waals surface area contributed by atoms with Crippen molar-refractivity contribution in [2.45, 2.75) is 64.6 Å². The van der Waals surface area contributed by atoms with Crippen LogP contribution < -0.4 is 10.6 Å². The van der Waals surface area contributed by atoms with Crippen LogP contribution in [0.2, 0.25) is 0 Å². The number of hydrogen-bond donors (Lipinski definition) is 2. The van der Waals surface area contributed by atoms with E-state index in [9.17, 15) is 9.59 Å². The molecule has 0 heterocycles. The van der Waals surface area contributed by atoms with Crippen LogP contribution in [0.5, 0.6) is 0 Å². The minimum Gasteiger partial charge on any atom is -0.458 e. The van der Waals surface area contributed by atoms with Crippen molar-refractivity contribution in [3.63, 3.8) is 0 Å². The number of thiocarbonyl (C=S) groups is 1. The van der Waals surface area contributed by atoms with Crippen molar-refractivity contribution >= 4 is 29.3 Å². The second-order valence-electron chi connectivity index (χ2n) is 9.48. The van der Waals surface area contributed by atoms with E-state index in [1.807, 2.05) is 38.1 Å². The molecule has 6 nitrogen and oxygen atoms in total. The molecule has 0 fully saturated rings. The lowest BCUT2D eigenvalue weighted by Gasteiger charge is -2.25. The number of esters is 1. The Morgan fingerprint density at radius 1 is 0.970 bits per heavy atom. The number of ether oxygens (including phenoxy) is 2. The Morgan fingerprint density at radius 2 is 1.52 bits per heavy atom. The van der Waals surface area contributed by atoms with E-state index in [2.05, 4.69) is 34.9 Å². The number of carbonyl (C=O) groups excluding carboxylic acids is 2. The third-order valence-corrected chi connectivity index (χ3v) is 5.45. The second-order valence-corrected chi connectivity index (χ2v) is 9.98. The first kappa shape index (κ1) is 24.7. The molecular formula is C26H32N2O4S. The van der Waals surface area contributed by atoms with E-state index in [0.29, 0.717) is 4.99 Å². The van der Waals surface area contributed by atoms with Gasteiger partial charge in [-0.2, -0.15) is 0 Å². The number of fused-ring (bicyclic) bond motifs is 3. The Morgan fingerprint density at radius 3 is 2.03 bits per heavy atom. The standard InChI is InChI=1S/C26H32N2O4S/c1-16(2)27-23(33)14-22(24(29)32-26(3,4)5)28-25(30)31-15-21-19-12-8-6-10-17(19)18-11-7-9-13-20(18)21/h6-13,16,21-22H,14-15H2,1-5H3,(H,27,33)(H,28,30)/t22-/m0/s1. The van der Waals surface area contributed by atoms with Gasteiger partial charge in [0.2, 0.25) is 0 Å². The molecule has 0 spiro atoms. The van der Waals surface area contributed by atoms with Gasteiger partial charge in [-0.15, -0.1) is 0 Å². The van der Waals surface area contributed by atoms with Gasteiger partial charge in [0.15, 0.2) is 0 Å². The summed E-state index contributed by atoms with van der Waals surface area (Å²) < 4.78 is 11.1. The molecule has 0 aliphatic heterocycles. The minimum absolute atomic E-state index is 0.0631. The molecule has 33 heavy (non-hydrogen) atoms. The first-order valence-corrected chi connectivity index (χ1v) is 11.6. The average molecular weight is 469 g/mol. The van der Waals surface area contributed by atoms with E-state index >= 15 is 0 Å².